The molecule has 120 valence electrons. The van der Waals surface area contributed by atoms with Crippen LogP contribution in [0.25, 0.3) is 0 Å². The normalized spacial score (nSPS) is 36.8. The maximum absolute atomic E-state index is 12.6. The summed E-state index contributed by atoms with van der Waals surface area (Å²) >= 11 is 0. The van der Waals surface area contributed by atoms with Crippen molar-refractivity contribution in [2.24, 2.45) is 11.3 Å². The molecular weight excluding hydrogens is 282 g/mol. The van der Waals surface area contributed by atoms with Gasteiger partial charge in [-0.2, -0.15) is 0 Å². The van der Waals surface area contributed by atoms with Crippen molar-refractivity contribution in [2.45, 2.75) is 38.7 Å². The van der Waals surface area contributed by atoms with Gasteiger partial charge in [0.25, 0.3) is 0 Å². The van der Waals surface area contributed by atoms with Crippen molar-refractivity contribution >= 4 is 11.8 Å². The smallest absolute Gasteiger partial charge is 0.335 e. The molecule has 1 saturated heterocycles. The summed E-state index contributed by atoms with van der Waals surface area (Å²) in [6, 6.07) is 0. The second-order valence-electron chi connectivity index (χ2n) is 6.99. The first-order valence-electron chi connectivity index (χ1n) is 7.86. The number of carbonyl (C=O) groups is 2. The highest BCUT2D eigenvalue weighted by Crippen LogP contribution is 2.53. The second kappa shape index (κ2) is 5.23. The maximum atomic E-state index is 12.6. The van der Waals surface area contributed by atoms with Crippen LogP contribution in [-0.4, -0.2) is 48.6 Å². The molecule has 22 heavy (non-hydrogen) atoms. The van der Waals surface area contributed by atoms with Crippen LogP contribution in [0.1, 0.15) is 32.6 Å². The quantitative estimate of drug-likeness (QED) is 0.586. The highest BCUT2D eigenvalue weighted by molar-refractivity contribution is 6.03. The van der Waals surface area contributed by atoms with Gasteiger partial charge in [0.15, 0.2) is 5.78 Å². The Morgan fingerprint density at radius 3 is 2.64 bits per heavy atom. The van der Waals surface area contributed by atoms with E-state index in [9.17, 15) is 14.7 Å². The predicted octanol–water partition coefficient (Wildman–Crippen LogP) is 1.43. The maximum Gasteiger partial charge on any atom is 0.335 e. The number of fused-ring (bicyclic) bond motifs is 2. The average molecular weight is 305 g/mol. The first-order chi connectivity index (χ1) is 10.4. The molecule has 5 heteroatoms. The Hall–Kier alpha value is -1.62. The predicted molar refractivity (Wildman–Crippen MR) is 80.8 cm³/mol. The van der Waals surface area contributed by atoms with Gasteiger partial charge < -0.3 is 14.7 Å². The van der Waals surface area contributed by atoms with E-state index in [1.807, 2.05) is 21.0 Å². The number of aliphatic hydroxyl groups excluding tert-OH is 1. The van der Waals surface area contributed by atoms with E-state index in [1.54, 1.807) is 11.1 Å². The molecule has 5 nitrogen and oxygen atoms in total. The number of Topliss-reactive ketones (excluding diaryl/α,β-unsaturated/α-hetero) is 1. The average Bonchev–Trinajstić information content (AvgIpc) is 2.48. The van der Waals surface area contributed by atoms with Crippen LogP contribution >= 0.6 is 0 Å². The van der Waals surface area contributed by atoms with Crippen LogP contribution in [0.15, 0.2) is 22.9 Å². The zero-order valence-corrected chi connectivity index (χ0v) is 13.4. The van der Waals surface area contributed by atoms with Gasteiger partial charge in [0.1, 0.15) is 12.7 Å². The van der Waals surface area contributed by atoms with Crippen molar-refractivity contribution in [3.63, 3.8) is 0 Å². The van der Waals surface area contributed by atoms with E-state index in [4.69, 9.17) is 4.74 Å². The number of rotatable bonds is 1. The number of hydrogen-bond donors (Lipinski definition) is 1. The lowest BCUT2D eigenvalue weighted by molar-refractivity contribution is -0.155. The van der Waals surface area contributed by atoms with Gasteiger partial charge in [0, 0.05) is 31.6 Å². The lowest BCUT2D eigenvalue weighted by atomic mass is 9.57. The lowest BCUT2D eigenvalue weighted by Crippen LogP contribution is -2.55. The van der Waals surface area contributed by atoms with Gasteiger partial charge in [-0.05, 0) is 31.3 Å². The molecular formula is C17H23NO4. The molecule has 0 unspecified atom stereocenters. The summed E-state index contributed by atoms with van der Waals surface area (Å²) in [5.41, 5.74) is 1.80. The Balaban J connectivity index is 2.16. The summed E-state index contributed by atoms with van der Waals surface area (Å²) in [5.74, 6) is -1.14. The van der Waals surface area contributed by atoms with Gasteiger partial charge >= 0.3 is 5.97 Å². The van der Waals surface area contributed by atoms with Crippen LogP contribution in [0.5, 0.6) is 0 Å². The third-order valence-electron chi connectivity index (χ3n) is 5.20. The molecule has 0 spiro atoms. The van der Waals surface area contributed by atoms with Gasteiger partial charge in [-0.15, -0.1) is 0 Å². The molecule has 0 aromatic rings. The van der Waals surface area contributed by atoms with Crippen LogP contribution in [0.2, 0.25) is 0 Å². The first kappa shape index (κ1) is 15.3. The fraction of sp³-hybridized carbons (Fsp3) is 0.647. The van der Waals surface area contributed by atoms with Crippen LogP contribution < -0.4 is 0 Å². The van der Waals surface area contributed by atoms with Gasteiger partial charge in [-0.1, -0.05) is 12.5 Å². The number of carbonyl (C=O) groups excluding carboxylic acids is 2. The lowest BCUT2D eigenvalue weighted by Gasteiger charge is -2.50. The van der Waals surface area contributed by atoms with Crippen molar-refractivity contribution in [3.05, 3.63) is 22.9 Å². The van der Waals surface area contributed by atoms with Crippen molar-refractivity contribution in [1.29, 1.82) is 0 Å². The number of aliphatic hydroxyl groups is 1. The Bertz CT molecular complexity index is 589. The molecule has 3 atom stereocenters. The number of ether oxygens (including phenoxy) is 1. The molecule has 0 radical (unpaired) electrons. The van der Waals surface area contributed by atoms with E-state index in [2.05, 4.69) is 0 Å². The summed E-state index contributed by atoms with van der Waals surface area (Å²) in [6.07, 6.45) is 4.14. The van der Waals surface area contributed by atoms with Crippen LogP contribution in [-0.2, 0) is 14.3 Å². The highest BCUT2D eigenvalue weighted by atomic mass is 16.5. The topological polar surface area (TPSA) is 66.8 Å². The van der Waals surface area contributed by atoms with Gasteiger partial charge in [-0.25, -0.2) is 4.79 Å². The number of esters is 1. The van der Waals surface area contributed by atoms with Crippen LogP contribution in [0.3, 0.4) is 0 Å². The standard InChI is InChI=1S/C17H23NO4/c1-17-9-22-16(21)11(8-18(2)3)13(17)15(20)14(19)10-6-4-5-7-12(10)17/h8,13,15,20H,4-7,9H2,1-3H3/b11-8+/t13-,15-,17+/m0/s1. The monoisotopic (exact) mass is 305 g/mol. The number of nitrogens with zero attached hydrogens (tertiary/aromatic N) is 1. The fourth-order valence-electron chi connectivity index (χ4n) is 4.20. The van der Waals surface area contributed by atoms with Crippen LogP contribution in [0.4, 0.5) is 0 Å². The van der Waals surface area contributed by atoms with E-state index < -0.39 is 23.4 Å². The second-order valence-corrected chi connectivity index (χ2v) is 6.99. The molecule has 1 N–H and O–H groups in total. The molecule has 1 aliphatic heterocycles. The zero-order valence-electron chi connectivity index (χ0n) is 13.4. The number of ketones is 1. The Kier molecular flexibility index (Phi) is 3.63. The van der Waals surface area contributed by atoms with Crippen molar-refractivity contribution in [3.8, 4) is 0 Å². The van der Waals surface area contributed by atoms with E-state index in [-0.39, 0.29) is 12.4 Å². The minimum absolute atomic E-state index is 0.198. The molecule has 1 fully saturated rings. The zero-order chi connectivity index (χ0) is 16.1. The van der Waals surface area contributed by atoms with E-state index in [1.165, 1.54) is 0 Å². The molecule has 3 aliphatic rings. The summed E-state index contributed by atoms with van der Waals surface area (Å²) < 4.78 is 5.41. The SMILES string of the molecule is CN(C)/C=C1/C(=O)OC[C@]2(C)C3=C(CCCC3)C(=O)[C@@H](O)[C@H]12. The summed E-state index contributed by atoms with van der Waals surface area (Å²) in [6.45, 7) is 2.26. The van der Waals surface area contributed by atoms with Crippen LogP contribution in [0, 0.1) is 11.3 Å². The first-order valence-corrected chi connectivity index (χ1v) is 7.86. The van der Waals surface area contributed by atoms with Gasteiger partial charge in [0.05, 0.1) is 5.57 Å². The fourth-order valence-corrected chi connectivity index (χ4v) is 4.20. The Morgan fingerprint density at radius 1 is 1.27 bits per heavy atom. The van der Waals surface area contributed by atoms with E-state index in [0.717, 1.165) is 36.8 Å². The summed E-state index contributed by atoms with van der Waals surface area (Å²) in [5, 5.41) is 10.6. The molecule has 2 aliphatic carbocycles. The van der Waals surface area contributed by atoms with Gasteiger partial charge in [0.2, 0.25) is 0 Å². The molecule has 0 amide bonds. The van der Waals surface area contributed by atoms with Crippen molar-refractivity contribution in [1.82, 2.24) is 4.90 Å². The third-order valence-corrected chi connectivity index (χ3v) is 5.20. The van der Waals surface area contributed by atoms with Crippen molar-refractivity contribution < 1.29 is 19.4 Å². The molecule has 1 heterocycles. The summed E-state index contributed by atoms with van der Waals surface area (Å²) in [4.78, 5) is 26.5. The van der Waals surface area contributed by atoms with E-state index in [0.29, 0.717) is 5.57 Å². The Morgan fingerprint density at radius 2 is 1.95 bits per heavy atom. The molecule has 0 aromatic carbocycles. The molecule has 0 aromatic heterocycles. The minimum Gasteiger partial charge on any atom is -0.461 e. The van der Waals surface area contributed by atoms with Crippen molar-refractivity contribution in [2.75, 3.05) is 20.7 Å². The number of hydrogen-bond acceptors (Lipinski definition) is 5. The minimum atomic E-state index is -1.15. The molecule has 0 saturated carbocycles. The Labute approximate surface area is 130 Å². The van der Waals surface area contributed by atoms with E-state index >= 15 is 0 Å². The largest absolute Gasteiger partial charge is 0.461 e. The molecule has 3 rings (SSSR count). The number of cyclic esters (lactones) is 1. The van der Waals surface area contributed by atoms with Gasteiger partial charge in [-0.3, -0.25) is 4.79 Å². The molecule has 0 bridgehead atoms. The third kappa shape index (κ3) is 2.10. The highest BCUT2D eigenvalue weighted by Gasteiger charge is 2.56. The summed E-state index contributed by atoms with van der Waals surface area (Å²) in [7, 11) is 3.63.